The molecule has 29 heavy (non-hydrogen) atoms. The molecule has 0 spiro atoms. The summed E-state index contributed by atoms with van der Waals surface area (Å²) >= 11 is 0. The van der Waals surface area contributed by atoms with E-state index >= 15 is 0 Å². The molecular weight excluding hydrogens is 366 g/mol. The highest BCUT2D eigenvalue weighted by Gasteiger charge is 2.29. The van der Waals surface area contributed by atoms with Gasteiger partial charge < -0.3 is 14.4 Å². The standard InChI is InChI=1S/C23H29N3O3/c1-3-26(20-7-5-4-6-8-20)23(27)18(2)25-13-11-24(12-14-25)16-19-9-10-21-22(15-19)29-17-28-21/h4-10,15,18H,3,11-14,16-17H2,1-2H3/t18-/m1/s1. The largest absolute Gasteiger partial charge is 0.454 e. The lowest BCUT2D eigenvalue weighted by molar-refractivity contribution is -0.124. The smallest absolute Gasteiger partial charge is 0.244 e. The van der Waals surface area contributed by atoms with Gasteiger partial charge in [0, 0.05) is 45.0 Å². The number of rotatable bonds is 6. The van der Waals surface area contributed by atoms with Crippen LogP contribution in [-0.4, -0.2) is 61.3 Å². The number of hydrogen-bond donors (Lipinski definition) is 0. The third kappa shape index (κ3) is 4.38. The Morgan fingerprint density at radius 2 is 1.76 bits per heavy atom. The molecule has 2 heterocycles. The predicted molar refractivity (Wildman–Crippen MR) is 113 cm³/mol. The molecule has 2 aromatic carbocycles. The lowest BCUT2D eigenvalue weighted by atomic mass is 10.1. The topological polar surface area (TPSA) is 45.3 Å². The van der Waals surface area contributed by atoms with Gasteiger partial charge in [0.2, 0.25) is 12.7 Å². The Kier molecular flexibility index (Phi) is 6.02. The zero-order chi connectivity index (χ0) is 20.2. The van der Waals surface area contributed by atoms with Gasteiger partial charge in [-0.2, -0.15) is 0 Å². The van der Waals surface area contributed by atoms with Crippen LogP contribution in [0.1, 0.15) is 19.4 Å². The molecule has 1 saturated heterocycles. The molecule has 154 valence electrons. The first kappa shape index (κ1) is 19.7. The van der Waals surface area contributed by atoms with Crippen molar-refractivity contribution < 1.29 is 14.3 Å². The third-order valence-electron chi connectivity index (χ3n) is 5.81. The minimum Gasteiger partial charge on any atom is -0.454 e. The normalized spacial score (nSPS) is 17.9. The van der Waals surface area contributed by atoms with Crippen molar-refractivity contribution in [3.8, 4) is 11.5 Å². The van der Waals surface area contributed by atoms with Crippen LogP contribution in [0.5, 0.6) is 11.5 Å². The summed E-state index contributed by atoms with van der Waals surface area (Å²) in [7, 11) is 0. The number of carbonyl (C=O) groups is 1. The van der Waals surface area contributed by atoms with Gasteiger partial charge in [0.25, 0.3) is 0 Å². The first-order chi connectivity index (χ1) is 14.2. The van der Waals surface area contributed by atoms with Crippen molar-refractivity contribution in [3.05, 3.63) is 54.1 Å². The maximum atomic E-state index is 13.1. The molecule has 0 aliphatic carbocycles. The summed E-state index contributed by atoms with van der Waals surface area (Å²) in [6.07, 6.45) is 0. The van der Waals surface area contributed by atoms with Gasteiger partial charge in [-0.15, -0.1) is 0 Å². The molecule has 2 aromatic rings. The second-order valence-corrected chi connectivity index (χ2v) is 7.59. The summed E-state index contributed by atoms with van der Waals surface area (Å²) in [5.74, 6) is 1.83. The lowest BCUT2D eigenvalue weighted by Gasteiger charge is -2.39. The van der Waals surface area contributed by atoms with Crippen LogP contribution in [0.25, 0.3) is 0 Å². The van der Waals surface area contributed by atoms with Crippen LogP contribution in [0.4, 0.5) is 5.69 Å². The zero-order valence-electron chi connectivity index (χ0n) is 17.2. The number of hydrogen-bond acceptors (Lipinski definition) is 5. The van der Waals surface area contributed by atoms with Crippen LogP contribution >= 0.6 is 0 Å². The summed E-state index contributed by atoms with van der Waals surface area (Å²) in [6, 6.07) is 16.0. The van der Waals surface area contributed by atoms with E-state index < -0.39 is 0 Å². The SMILES string of the molecule is CCN(C(=O)[C@@H](C)N1CCN(Cc2ccc3c(c2)OCO3)CC1)c1ccccc1. The van der Waals surface area contributed by atoms with Gasteiger partial charge in [0.05, 0.1) is 6.04 Å². The maximum absolute atomic E-state index is 13.1. The van der Waals surface area contributed by atoms with Crippen molar-refractivity contribution in [3.63, 3.8) is 0 Å². The predicted octanol–water partition coefficient (Wildman–Crippen LogP) is 2.97. The highest BCUT2D eigenvalue weighted by Crippen LogP contribution is 2.32. The third-order valence-corrected chi connectivity index (χ3v) is 5.81. The minimum atomic E-state index is -0.122. The fourth-order valence-corrected chi connectivity index (χ4v) is 4.06. The second kappa shape index (κ2) is 8.84. The molecule has 1 atom stereocenters. The van der Waals surface area contributed by atoms with E-state index in [4.69, 9.17) is 9.47 Å². The molecule has 1 fully saturated rings. The molecule has 1 amide bonds. The first-order valence-electron chi connectivity index (χ1n) is 10.4. The van der Waals surface area contributed by atoms with Crippen molar-refractivity contribution >= 4 is 11.6 Å². The van der Waals surface area contributed by atoms with E-state index in [9.17, 15) is 4.79 Å². The molecule has 0 unspecified atom stereocenters. The number of benzene rings is 2. The number of ether oxygens (including phenoxy) is 2. The van der Waals surface area contributed by atoms with E-state index in [1.165, 1.54) is 5.56 Å². The molecule has 0 radical (unpaired) electrons. The highest BCUT2D eigenvalue weighted by molar-refractivity contribution is 5.96. The Hall–Kier alpha value is -2.57. The van der Waals surface area contributed by atoms with Crippen LogP contribution in [0.15, 0.2) is 48.5 Å². The number of carbonyl (C=O) groups excluding carboxylic acids is 1. The van der Waals surface area contributed by atoms with Crippen LogP contribution in [0, 0.1) is 0 Å². The number of nitrogens with zero attached hydrogens (tertiary/aromatic N) is 3. The van der Waals surface area contributed by atoms with E-state index in [1.807, 2.05) is 55.1 Å². The molecule has 0 aromatic heterocycles. The average Bonchev–Trinajstić information content (AvgIpc) is 3.23. The van der Waals surface area contributed by atoms with E-state index in [1.54, 1.807) is 0 Å². The molecule has 6 heteroatoms. The number of anilines is 1. The molecule has 4 rings (SSSR count). The van der Waals surface area contributed by atoms with Gasteiger partial charge in [-0.3, -0.25) is 14.6 Å². The van der Waals surface area contributed by atoms with Gasteiger partial charge >= 0.3 is 0 Å². The van der Waals surface area contributed by atoms with Crippen molar-refractivity contribution in [2.75, 3.05) is 44.4 Å². The number of amides is 1. The molecule has 2 aliphatic rings. The molecule has 6 nitrogen and oxygen atoms in total. The van der Waals surface area contributed by atoms with Crippen molar-refractivity contribution in [1.82, 2.24) is 9.80 Å². The Morgan fingerprint density at radius 1 is 1.03 bits per heavy atom. The Balaban J connectivity index is 1.32. The number of para-hydroxylation sites is 1. The number of piperazine rings is 1. The average molecular weight is 396 g/mol. The minimum absolute atomic E-state index is 0.122. The van der Waals surface area contributed by atoms with Gasteiger partial charge in [-0.05, 0) is 43.7 Å². The van der Waals surface area contributed by atoms with Gasteiger partial charge in [-0.25, -0.2) is 0 Å². The molecule has 0 bridgehead atoms. The fraction of sp³-hybridized carbons (Fsp3) is 0.435. The Morgan fingerprint density at radius 3 is 2.48 bits per heavy atom. The fourth-order valence-electron chi connectivity index (χ4n) is 4.06. The van der Waals surface area contributed by atoms with Crippen molar-refractivity contribution in [2.45, 2.75) is 26.4 Å². The highest BCUT2D eigenvalue weighted by atomic mass is 16.7. The number of fused-ring (bicyclic) bond motifs is 1. The second-order valence-electron chi connectivity index (χ2n) is 7.59. The van der Waals surface area contributed by atoms with Crippen LogP contribution < -0.4 is 14.4 Å². The quantitative estimate of drug-likeness (QED) is 0.753. The van der Waals surface area contributed by atoms with Crippen LogP contribution in [0.2, 0.25) is 0 Å². The monoisotopic (exact) mass is 395 g/mol. The Bertz CT molecular complexity index is 835. The van der Waals surface area contributed by atoms with Crippen LogP contribution in [0.3, 0.4) is 0 Å². The van der Waals surface area contributed by atoms with Crippen molar-refractivity contribution in [1.29, 1.82) is 0 Å². The number of likely N-dealkylation sites (N-methyl/N-ethyl adjacent to an activating group) is 1. The first-order valence-corrected chi connectivity index (χ1v) is 10.4. The van der Waals surface area contributed by atoms with Crippen molar-refractivity contribution in [2.24, 2.45) is 0 Å². The van der Waals surface area contributed by atoms with Crippen LogP contribution in [-0.2, 0) is 11.3 Å². The summed E-state index contributed by atoms with van der Waals surface area (Å²) in [6.45, 7) is 9.61. The van der Waals surface area contributed by atoms with E-state index in [0.717, 1.165) is 49.9 Å². The van der Waals surface area contributed by atoms with E-state index in [2.05, 4.69) is 21.9 Å². The summed E-state index contributed by atoms with van der Waals surface area (Å²) < 4.78 is 10.9. The van der Waals surface area contributed by atoms with Gasteiger partial charge in [-0.1, -0.05) is 24.3 Å². The summed E-state index contributed by atoms with van der Waals surface area (Å²) in [5, 5.41) is 0. The molecule has 0 saturated carbocycles. The van der Waals surface area contributed by atoms with E-state index in [-0.39, 0.29) is 11.9 Å². The van der Waals surface area contributed by atoms with Gasteiger partial charge in [0.15, 0.2) is 11.5 Å². The zero-order valence-corrected chi connectivity index (χ0v) is 17.2. The molecule has 2 aliphatic heterocycles. The molecule has 0 N–H and O–H groups in total. The van der Waals surface area contributed by atoms with E-state index in [0.29, 0.717) is 13.3 Å². The summed E-state index contributed by atoms with van der Waals surface area (Å²) in [4.78, 5) is 19.7. The maximum Gasteiger partial charge on any atom is 0.244 e. The molecular formula is C23H29N3O3. The summed E-state index contributed by atoms with van der Waals surface area (Å²) in [5.41, 5.74) is 2.20. The lowest BCUT2D eigenvalue weighted by Crippen LogP contribution is -2.54. The Labute approximate surface area is 172 Å². The van der Waals surface area contributed by atoms with Gasteiger partial charge in [0.1, 0.15) is 0 Å².